The number of morpholine rings is 1. The van der Waals surface area contributed by atoms with Gasteiger partial charge in [-0.25, -0.2) is 18.1 Å². The van der Waals surface area contributed by atoms with E-state index < -0.39 is 16.1 Å². The summed E-state index contributed by atoms with van der Waals surface area (Å²) in [6.45, 7) is 8.75. The summed E-state index contributed by atoms with van der Waals surface area (Å²) in [7, 11) is -3.79. The smallest absolute Gasteiger partial charge is 0.241 e. The number of benzene rings is 1. The van der Waals surface area contributed by atoms with Crippen LogP contribution in [0.3, 0.4) is 0 Å². The molecule has 3 rings (SSSR count). The number of aromatic nitrogens is 1. The number of sulfonamides is 1. The number of ether oxygens (including phenoxy) is 2. The zero-order chi connectivity index (χ0) is 23.1. The summed E-state index contributed by atoms with van der Waals surface area (Å²) in [6, 6.07) is 5.58. The quantitative estimate of drug-likeness (QED) is 0.493. The fraction of sp³-hybridized carbons (Fsp3) is 0.500. The fourth-order valence-corrected chi connectivity index (χ4v) is 5.27. The first-order valence-corrected chi connectivity index (χ1v) is 12.9. The molecule has 1 aromatic carbocycles. The second-order valence-electron chi connectivity index (χ2n) is 7.61. The van der Waals surface area contributed by atoms with Gasteiger partial charge >= 0.3 is 0 Å². The van der Waals surface area contributed by atoms with Crippen molar-refractivity contribution in [3.05, 3.63) is 51.6 Å². The molecule has 2 aromatic rings. The molecule has 0 radical (unpaired) electrons. The van der Waals surface area contributed by atoms with E-state index in [9.17, 15) is 8.42 Å². The van der Waals surface area contributed by atoms with Crippen LogP contribution in [0.15, 0.2) is 35.4 Å². The van der Waals surface area contributed by atoms with Gasteiger partial charge in [0.2, 0.25) is 15.9 Å². The minimum absolute atomic E-state index is 0.0606. The maximum Gasteiger partial charge on any atom is 0.241 e. The van der Waals surface area contributed by atoms with Gasteiger partial charge in [-0.05, 0) is 49.6 Å². The van der Waals surface area contributed by atoms with E-state index in [2.05, 4.69) is 14.6 Å². The Morgan fingerprint density at radius 2 is 1.97 bits per heavy atom. The van der Waals surface area contributed by atoms with Crippen molar-refractivity contribution in [3.8, 4) is 5.88 Å². The SMILES string of the molecule is CCc1c(C(C)NS(=O)(=O)c2ccc(Cl)c(Cl)c2)ccnc1OCCCN1CCOCC1. The number of pyridine rings is 1. The van der Waals surface area contributed by atoms with Crippen molar-refractivity contribution in [2.45, 2.75) is 37.6 Å². The molecule has 176 valence electrons. The van der Waals surface area contributed by atoms with Gasteiger partial charge in [0.1, 0.15) is 0 Å². The molecule has 7 nitrogen and oxygen atoms in total. The zero-order valence-electron chi connectivity index (χ0n) is 18.3. The topological polar surface area (TPSA) is 80.8 Å². The van der Waals surface area contributed by atoms with E-state index in [4.69, 9.17) is 32.7 Å². The third kappa shape index (κ3) is 6.56. The van der Waals surface area contributed by atoms with Crippen LogP contribution in [0.1, 0.15) is 37.4 Å². The summed E-state index contributed by atoms with van der Waals surface area (Å²) >= 11 is 11.9. The Balaban J connectivity index is 1.66. The Morgan fingerprint density at radius 3 is 2.66 bits per heavy atom. The van der Waals surface area contributed by atoms with Crippen molar-refractivity contribution in [2.24, 2.45) is 0 Å². The van der Waals surface area contributed by atoms with Crippen LogP contribution in [0.5, 0.6) is 5.88 Å². The molecule has 0 spiro atoms. The van der Waals surface area contributed by atoms with E-state index in [1.165, 1.54) is 18.2 Å². The summed E-state index contributed by atoms with van der Waals surface area (Å²) < 4.78 is 39.8. The first-order valence-electron chi connectivity index (χ1n) is 10.7. The number of hydrogen-bond donors (Lipinski definition) is 1. The Hall–Kier alpha value is -1.42. The molecule has 0 bridgehead atoms. The Morgan fingerprint density at radius 1 is 1.22 bits per heavy atom. The van der Waals surface area contributed by atoms with E-state index in [1.807, 2.05) is 13.0 Å². The second kappa shape index (κ2) is 11.6. The molecule has 2 heterocycles. The minimum atomic E-state index is -3.79. The largest absolute Gasteiger partial charge is 0.477 e. The van der Waals surface area contributed by atoms with E-state index in [0.717, 1.165) is 50.4 Å². The van der Waals surface area contributed by atoms with Crippen molar-refractivity contribution in [1.82, 2.24) is 14.6 Å². The summed E-state index contributed by atoms with van der Waals surface area (Å²) in [6.07, 6.45) is 3.20. The van der Waals surface area contributed by atoms with Gasteiger partial charge in [-0.1, -0.05) is 30.1 Å². The highest BCUT2D eigenvalue weighted by Gasteiger charge is 2.22. The van der Waals surface area contributed by atoms with E-state index in [0.29, 0.717) is 23.9 Å². The van der Waals surface area contributed by atoms with Gasteiger partial charge in [-0.2, -0.15) is 0 Å². The Bertz CT molecular complexity index is 1010. The van der Waals surface area contributed by atoms with Crippen LogP contribution < -0.4 is 9.46 Å². The average molecular weight is 502 g/mol. The summed E-state index contributed by atoms with van der Waals surface area (Å²) in [5.41, 5.74) is 1.72. The number of nitrogens with zero attached hydrogens (tertiary/aromatic N) is 2. The summed E-state index contributed by atoms with van der Waals surface area (Å²) in [4.78, 5) is 6.81. The van der Waals surface area contributed by atoms with Crippen LogP contribution in [0, 0.1) is 0 Å². The fourth-order valence-electron chi connectivity index (χ4n) is 3.66. The number of rotatable bonds is 10. The van der Waals surface area contributed by atoms with Crippen LogP contribution in [0.4, 0.5) is 0 Å². The maximum atomic E-state index is 12.9. The standard InChI is InChI=1S/C22H29Cl2N3O4S/c1-3-18-19(16(2)26-32(28,29)17-5-6-20(23)21(24)15-17)7-8-25-22(18)31-12-4-9-27-10-13-30-14-11-27/h5-8,15-16,26H,3-4,9-14H2,1-2H3. The molecule has 10 heteroatoms. The normalized spacial score (nSPS) is 16.1. The highest BCUT2D eigenvalue weighted by molar-refractivity contribution is 7.89. The molecule has 0 aliphatic carbocycles. The molecule has 1 aliphatic rings. The van der Waals surface area contributed by atoms with Crippen molar-refractivity contribution in [2.75, 3.05) is 39.5 Å². The Labute approximate surface area is 200 Å². The number of hydrogen-bond acceptors (Lipinski definition) is 6. The lowest BCUT2D eigenvalue weighted by molar-refractivity contribution is 0.0357. The molecule has 1 unspecified atom stereocenters. The van der Waals surface area contributed by atoms with Gasteiger partial charge in [0.05, 0.1) is 34.8 Å². The third-order valence-corrected chi connectivity index (χ3v) is 7.64. The van der Waals surface area contributed by atoms with Gasteiger partial charge in [0, 0.05) is 37.4 Å². The predicted octanol–water partition coefficient (Wildman–Crippen LogP) is 4.09. The van der Waals surface area contributed by atoms with E-state index in [-0.39, 0.29) is 9.92 Å². The van der Waals surface area contributed by atoms with Crippen LogP contribution >= 0.6 is 23.2 Å². The molecule has 1 aromatic heterocycles. The first-order chi connectivity index (χ1) is 15.3. The molecule has 0 amide bonds. The molecule has 0 saturated carbocycles. The minimum Gasteiger partial charge on any atom is -0.477 e. The monoisotopic (exact) mass is 501 g/mol. The summed E-state index contributed by atoms with van der Waals surface area (Å²) in [5.74, 6) is 0.549. The molecular weight excluding hydrogens is 473 g/mol. The van der Waals surface area contributed by atoms with Crippen molar-refractivity contribution in [1.29, 1.82) is 0 Å². The lowest BCUT2D eigenvalue weighted by atomic mass is 10.0. The van der Waals surface area contributed by atoms with Crippen molar-refractivity contribution < 1.29 is 17.9 Å². The van der Waals surface area contributed by atoms with Crippen LogP contribution in [-0.4, -0.2) is 57.8 Å². The third-order valence-electron chi connectivity index (χ3n) is 5.37. The highest BCUT2D eigenvalue weighted by Crippen LogP contribution is 2.29. The summed E-state index contributed by atoms with van der Waals surface area (Å²) in [5, 5.41) is 0.490. The maximum absolute atomic E-state index is 12.9. The van der Waals surface area contributed by atoms with Gasteiger partial charge in [-0.15, -0.1) is 0 Å². The van der Waals surface area contributed by atoms with Crippen molar-refractivity contribution in [3.63, 3.8) is 0 Å². The number of halogens is 2. The lowest BCUT2D eigenvalue weighted by Crippen LogP contribution is -2.37. The zero-order valence-corrected chi connectivity index (χ0v) is 20.6. The predicted molar refractivity (Wildman–Crippen MR) is 126 cm³/mol. The van der Waals surface area contributed by atoms with Crippen LogP contribution in [0.25, 0.3) is 0 Å². The molecule has 1 saturated heterocycles. The van der Waals surface area contributed by atoms with Gasteiger partial charge in [0.15, 0.2) is 0 Å². The van der Waals surface area contributed by atoms with Gasteiger partial charge in [0.25, 0.3) is 0 Å². The number of nitrogens with one attached hydrogen (secondary N) is 1. The average Bonchev–Trinajstić information content (AvgIpc) is 2.78. The highest BCUT2D eigenvalue weighted by atomic mass is 35.5. The molecule has 1 aliphatic heterocycles. The molecule has 1 atom stereocenters. The first kappa shape index (κ1) is 25.2. The van der Waals surface area contributed by atoms with Crippen molar-refractivity contribution >= 4 is 33.2 Å². The molecule has 1 fully saturated rings. The van der Waals surface area contributed by atoms with Gasteiger partial charge in [-0.3, -0.25) is 4.90 Å². The molecule has 32 heavy (non-hydrogen) atoms. The van der Waals surface area contributed by atoms with E-state index in [1.54, 1.807) is 13.1 Å². The molecular formula is C22H29Cl2N3O4S. The Kier molecular flexibility index (Phi) is 9.16. The van der Waals surface area contributed by atoms with Crippen LogP contribution in [-0.2, 0) is 21.2 Å². The van der Waals surface area contributed by atoms with Gasteiger partial charge < -0.3 is 9.47 Å². The lowest BCUT2D eigenvalue weighted by Gasteiger charge is -2.26. The molecule has 1 N–H and O–H groups in total. The second-order valence-corrected chi connectivity index (χ2v) is 10.1. The van der Waals surface area contributed by atoms with E-state index >= 15 is 0 Å². The van der Waals surface area contributed by atoms with Crippen LogP contribution in [0.2, 0.25) is 10.0 Å².